The van der Waals surface area contributed by atoms with Crippen LogP contribution in [0.1, 0.15) is 24.1 Å². The largest absolute Gasteiger partial charge is 0.324 e. The molecule has 1 aliphatic carbocycles. The quantitative estimate of drug-likeness (QED) is 0.758. The topological polar surface area (TPSA) is 70.2 Å². The molecule has 3 N–H and O–H groups in total. The average molecular weight is 369 g/mol. The molecule has 0 bridgehead atoms. The maximum atomic E-state index is 12.7. The van der Waals surface area contributed by atoms with Crippen molar-refractivity contribution < 1.29 is 9.59 Å². The summed E-state index contributed by atoms with van der Waals surface area (Å²) in [4.78, 5) is 26.0. The van der Waals surface area contributed by atoms with Gasteiger partial charge in [0.2, 0.25) is 11.8 Å². The highest BCUT2D eigenvalue weighted by Gasteiger charge is 2.57. The van der Waals surface area contributed by atoms with Gasteiger partial charge in [0.05, 0.1) is 17.8 Å². The lowest BCUT2D eigenvalue weighted by Gasteiger charge is -2.23. The van der Waals surface area contributed by atoms with E-state index in [4.69, 9.17) is 0 Å². The zero-order valence-corrected chi connectivity index (χ0v) is 15.4. The Labute approximate surface area is 157 Å². The molecule has 0 radical (unpaired) electrons. The second kappa shape index (κ2) is 7.21. The summed E-state index contributed by atoms with van der Waals surface area (Å²) < 4.78 is 0. The molecule has 26 heavy (non-hydrogen) atoms. The molecule has 1 spiro atoms. The monoisotopic (exact) mass is 369 g/mol. The van der Waals surface area contributed by atoms with Crippen molar-refractivity contribution in [3.05, 3.63) is 46.7 Å². The van der Waals surface area contributed by atoms with Gasteiger partial charge in [0, 0.05) is 10.8 Å². The lowest BCUT2D eigenvalue weighted by atomic mass is 9.92. The molecule has 136 valence electrons. The Morgan fingerprint density at radius 3 is 2.50 bits per heavy atom. The van der Waals surface area contributed by atoms with Gasteiger partial charge in [-0.2, -0.15) is 0 Å². The molecule has 1 saturated heterocycles. The fourth-order valence-corrected chi connectivity index (χ4v) is 4.59. The minimum atomic E-state index is -0.0737. The first-order valence-corrected chi connectivity index (χ1v) is 9.97. The lowest BCUT2D eigenvalue weighted by molar-refractivity contribution is -0.118. The number of hydrogen-bond acceptors (Lipinski definition) is 4. The van der Waals surface area contributed by atoms with E-state index in [9.17, 15) is 9.59 Å². The normalized spacial score (nSPS) is 20.5. The first kappa shape index (κ1) is 17.2. The van der Waals surface area contributed by atoms with Crippen LogP contribution in [0.3, 0.4) is 0 Å². The molecule has 1 aliphatic heterocycles. The summed E-state index contributed by atoms with van der Waals surface area (Å²) in [5.41, 5.74) is 1.53. The SMILES string of the molecule is O=C(Cc1cccs1)Nc1ccccc1NC(=O)C1CC12CCNCC2. The van der Waals surface area contributed by atoms with Crippen molar-refractivity contribution in [2.75, 3.05) is 23.7 Å². The second-order valence-corrected chi connectivity index (χ2v) is 8.24. The number of thiophene rings is 1. The van der Waals surface area contributed by atoms with Gasteiger partial charge in [0.15, 0.2) is 0 Å². The highest BCUT2D eigenvalue weighted by molar-refractivity contribution is 7.10. The number of carbonyl (C=O) groups excluding carboxylic acids is 2. The lowest BCUT2D eigenvalue weighted by Crippen LogP contribution is -2.31. The van der Waals surface area contributed by atoms with Crippen LogP contribution in [0.5, 0.6) is 0 Å². The van der Waals surface area contributed by atoms with Crippen LogP contribution in [-0.4, -0.2) is 24.9 Å². The fourth-order valence-electron chi connectivity index (χ4n) is 3.88. The van der Waals surface area contributed by atoms with E-state index in [0.717, 1.165) is 37.2 Å². The van der Waals surface area contributed by atoms with Gasteiger partial charge < -0.3 is 16.0 Å². The minimum absolute atomic E-state index is 0.0737. The molecule has 1 aromatic heterocycles. The summed E-state index contributed by atoms with van der Waals surface area (Å²) in [5.74, 6) is 0.0988. The summed E-state index contributed by atoms with van der Waals surface area (Å²) in [5, 5.41) is 11.3. The number of rotatable bonds is 5. The van der Waals surface area contributed by atoms with E-state index < -0.39 is 0 Å². The van der Waals surface area contributed by atoms with Crippen molar-refractivity contribution in [3.63, 3.8) is 0 Å². The molecule has 1 saturated carbocycles. The Bertz CT molecular complexity index is 797. The summed E-state index contributed by atoms with van der Waals surface area (Å²) in [6, 6.07) is 11.3. The first-order valence-electron chi connectivity index (χ1n) is 9.09. The summed E-state index contributed by atoms with van der Waals surface area (Å²) in [6.45, 7) is 2.00. The van der Waals surface area contributed by atoms with Crippen molar-refractivity contribution in [1.82, 2.24) is 5.32 Å². The van der Waals surface area contributed by atoms with Crippen LogP contribution in [0.4, 0.5) is 11.4 Å². The van der Waals surface area contributed by atoms with E-state index in [0.29, 0.717) is 17.8 Å². The second-order valence-electron chi connectivity index (χ2n) is 7.21. The smallest absolute Gasteiger partial charge is 0.229 e. The van der Waals surface area contributed by atoms with Crippen LogP contribution >= 0.6 is 11.3 Å². The number of nitrogens with one attached hydrogen (secondary N) is 3. The number of para-hydroxylation sites is 2. The molecule has 2 fully saturated rings. The third kappa shape index (κ3) is 3.66. The van der Waals surface area contributed by atoms with Gasteiger partial charge in [-0.1, -0.05) is 18.2 Å². The van der Waals surface area contributed by atoms with Gasteiger partial charge in [-0.05, 0) is 61.3 Å². The number of piperidine rings is 1. The standard InChI is InChI=1S/C20H23N3O2S/c24-18(12-14-4-3-11-26-14)22-16-5-1-2-6-17(16)23-19(25)15-13-20(15)7-9-21-10-8-20/h1-6,11,15,21H,7-10,12-13H2,(H,22,24)(H,23,25). The van der Waals surface area contributed by atoms with Gasteiger partial charge in [-0.25, -0.2) is 0 Å². The van der Waals surface area contributed by atoms with E-state index in [1.807, 2.05) is 41.8 Å². The highest BCUT2D eigenvalue weighted by atomic mass is 32.1. The summed E-state index contributed by atoms with van der Waals surface area (Å²) in [6.07, 6.45) is 3.47. The van der Waals surface area contributed by atoms with Crippen LogP contribution < -0.4 is 16.0 Å². The summed E-state index contributed by atoms with van der Waals surface area (Å²) >= 11 is 1.57. The molecule has 1 atom stereocenters. The van der Waals surface area contributed by atoms with Crippen LogP contribution in [-0.2, 0) is 16.0 Å². The Morgan fingerprint density at radius 1 is 1.08 bits per heavy atom. The predicted molar refractivity (Wildman–Crippen MR) is 104 cm³/mol. The Hall–Kier alpha value is -2.18. The molecular weight excluding hydrogens is 346 g/mol. The van der Waals surface area contributed by atoms with E-state index in [2.05, 4.69) is 16.0 Å². The molecule has 1 aromatic carbocycles. The third-order valence-corrected chi connectivity index (χ3v) is 6.36. The van der Waals surface area contributed by atoms with E-state index in [1.54, 1.807) is 11.3 Å². The number of anilines is 2. The fraction of sp³-hybridized carbons (Fsp3) is 0.400. The molecule has 1 unspecified atom stereocenters. The summed E-state index contributed by atoms with van der Waals surface area (Å²) in [7, 11) is 0. The molecule has 2 aromatic rings. The average Bonchev–Trinajstić information content (AvgIpc) is 3.08. The Morgan fingerprint density at radius 2 is 1.81 bits per heavy atom. The van der Waals surface area contributed by atoms with Crippen molar-refractivity contribution >= 4 is 34.5 Å². The zero-order chi connectivity index (χ0) is 18.0. The van der Waals surface area contributed by atoms with Crippen molar-refractivity contribution in [2.45, 2.75) is 25.7 Å². The van der Waals surface area contributed by atoms with Gasteiger partial charge in [-0.3, -0.25) is 9.59 Å². The van der Waals surface area contributed by atoms with Gasteiger partial charge in [0.25, 0.3) is 0 Å². The molecule has 4 rings (SSSR count). The molecule has 5 nitrogen and oxygen atoms in total. The first-order chi connectivity index (χ1) is 12.7. The predicted octanol–water partition coefficient (Wildman–Crippen LogP) is 3.26. The Kier molecular flexibility index (Phi) is 4.78. The van der Waals surface area contributed by atoms with E-state index in [1.165, 1.54) is 0 Å². The minimum Gasteiger partial charge on any atom is -0.324 e. The van der Waals surface area contributed by atoms with Crippen LogP contribution in [0.25, 0.3) is 0 Å². The Balaban J connectivity index is 1.39. The van der Waals surface area contributed by atoms with Crippen molar-refractivity contribution in [1.29, 1.82) is 0 Å². The molecule has 6 heteroatoms. The molecule has 2 aliphatic rings. The van der Waals surface area contributed by atoms with E-state index >= 15 is 0 Å². The molecular formula is C20H23N3O2S. The van der Waals surface area contributed by atoms with Gasteiger partial charge in [0.1, 0.15) is 0 Å². The number of carbonyl (C=O) groups is 2. The van der Waals surface area contributed by atoms with Gasteiger partial charge >= 0.3 is 0 Å². The van der Waals surface area contributed by atoms with Crippen LogP contribution in [0.2, 0.25) is 0 Å². The third-order valence-electron chi connectivity index (χ3n) is 5.48. The van der Waals surface area contributed by atoms with Gasteiger partial charge in [-0.15, -0.1) is 11.3 Å². The van der Waals surface area contributed by atoms with Crippen molar-refractivity contribution in [3.8, 4) is 0 Å². The maximum absolute atomic E-state index is 12.7. The molecule has 2 heterocycles. The van der Waals surface area contributed by atoms with Crippen LogP contribution in [0.15, 0.2) is 41.8 Å². The zero-order valence-electron chi connectivity index (χ0n) is 14.6. The maximum Gasteiger partial charge on any atom is 0.229 e. The number of hydrogen-bond donors (Lipinski definition) is 3. The van der Waals surface area contributed by atoms with Crippen LogP contribution in [0, 0.1) is 11.3 Å². The van der Waals surface area contributed by atoms with Crippen molar-refractivity contribution in [2.24, 2.45) is 11.3 Å². The molecule has 2 amide bonds. The van der Waals surface area contributed by atoms with E-state index in [-0.39, 0.29) is 23.1 Å². The highest BCUT2D eigenvalue weighted by Crippen LogP contribution is 2.58. The number of benzene rings is 1. The number of amides is 2.